The number of aromatic nitrogens is 3. The van der Waals surface area contributed by atoms with E-state index in [0.29, 0.717) is 5.95 Å². The monoisotopic (exact) mass is 314 g/mol. The van der Waals surface area contributed by atoms with Crippen LogP contribution in [0.5, 0.6) is 0 Å². The number of aliphatic hydroxyl groups excluding tert-OH is 1. The Bertz CT molecular complexity index is 682. The fraction of sp³-hybridized carbons (Fsp3) is 0.167. The summed E-state index contributed by atoms with van der Waals surface area (Å²) >= 11 is 12.4. The van der Waals surface area contributed by atoms with E-state index >= 15 is 0 Å². The van der Waals surface area contributed by atoms with Crippen LogP contribution in [0.2, 0.25) is 5.02 Å². The molecule has 1 aromatic heterocycles. The molecular formula is C12H9Cl2FN4O. The Kier molecular flexibility index (Phi) is 3.16. The first-order valence-electron chi connectivity index (χ1n) is 5.69. The summed E-state index contributed by atoms with van der Waals surface area (Å²) in [7, 11) is 0. The molecule has 20 heavy (non-hydrogen) atoms. The molecule has 2 heterocycles. The standard InChI is InChI=1S/C12H9Cl2FN4O/c13-8-2-1-3-9(15)10(8)7-4-19-11(16-6-17-19)18-12(7,14)5-20/h1-4,6,20H,5H2,(H,16,17,18). The number of nitrogens with one attached hydrogen (secondary N) is 1. The summed E-state index contributed by atoms with van der Waals surface area (Å²) in [6, 6.07) is 4.31. The number of benzene rings is 1. The summed E-state index contributed by atoms with van der Waals surface area (Å²) in [6.45, 7) is -0.474. The highest BCUT2D eigenvalue weighted by atomic mass is 35.5. The molecule has 2 N–H and O–H groups in total. The predicted molar refractivity (Wildman–Crippen MR) is 74.9 cm³/mol. The third-order valence-corrected chi connectivity index (χ3v) is 3.74. The number of alkyl halides is 1. The molecule has 0 saturated heterocycles. The van der Waals surface area contributed by atoms with Gasteiger partial charge in [0.1, 0.15) is 12.1 Å². The van der Waals surface area contributed by atoms with Crippen molar-refractivity contribution in [3.8, 4) is 0 Å². The van der Waals surface area contributed by atoms with Crippen molar-refractivity contribution in [2.45, 2.75) is 5.00 Å². The van der Waals surface area contributed by atoms with Crippen molar-refractivity contribution in [1.29, 1.82) is 0 Å². The smallest absolute Gasteiger partial charge is 0.227 e. The lowest BCUT2D eigenvalue weighted by atomic mass is 9.97. The van der Waals surface area contributed by atoms with E-state index in [4.69, 9.17) is 23.2 Å². The number of rotatable bonds is 2. The topological polar surface area (TPSA) is 63.0 Å². The van der Waals surface area contributed by atoms with Gasteiger partial charge in [-0.3, -0.25) is 0 Å². The molecule has 5 nitrogen and oxygen atoms in total. The van der Waals surface area contributed by atoms with Gasteiger partial charge in [-0.15, -0.1) is 0 Å². The quantitative estimate of drug-likeness (QED) is 0.660. The molecule has 1 aliphatic heterocycles. The zero-order chi connectivity index (χ0) is 14.3. The Morgan fingerprint density at radius 3 is 2.95 bits per heavy atom. The molecule has 0 fully saturated rings. The minimum atomic E-state index is -1.42. The maximum absolute atomic E-state index is 14.1. The van der Waals surface area contributed by atoms with Gasteiger partial charge in [0.25, 0.3) is 0 Å². The lowest BCUT2D eigenvalue weighted by molar-refractivity contribution is 0.279. The Morgan fingerprint density at radius 2 is 2.25 bits per heavy atom. The zero-order valence-corrected chi connectivity index (χ0v) is 11.5. The normalized spacial score (nSPS) is 21.1. The molecule has 8 heteroatoms. The van der Waals surface area contributed by atoms with Crippen molar-refractivity contribution >= 4 is 40.9 Å². The van der Waals surface area contributed by atoms with Crippen LogP contribution in [-0.4, -0.2) is 31.5 Å². The van der Waals surface area contributed by atoms with Crippen LogP contribution in [0.1, 0.15) is 5.56 Å². The molecule has 1 aromatic carbocycles. The number of fused-ring (bicyclic) bond motifs is 1. The van der Waals surface area contributed by atoms with Gasteiger partial charge in [-0.1, -0.05) is 29.3 Å². The van der Waals surface area contributed by atoms with E-state index in [1.165, 1.54) is 29.3 Å². The third-order valence-electron chi connectivity index (χ3n) is 3.01. The van der Waals surface area contributed by atoms with Crippen molar-refractivity contribution in [1.82, 2.24) is 14.8 Å². The van der Waals surface area contributed by atoms with E-state index in [9.17, 15) is 9.50 Å². The van der Waals surface area contributed by atoms with Crippen LogP contribution >= 0.6 is 23.2 Å². The van der Waals surface area contributed by atoms with E-state index in [0.717, 1.165) is 0 Å². The van der Waals surface area contributed by atoms with Gasteiger partial charge in [0, 0.05) is 17.3 Å². The molecule has 3 rings (SSSR count). The lowest BCUT2D eigenvalue weighted by Gasteiger charge is -2.33. The van der Waals surface area contributed by atoms with E-state index in [1.54, 1.807) is 6.07 Å². The van der Waals surface area contributed by atoms with Gasteiger partial charge in [0.15, 0.2) is 5.00 Å². The molecule has 0 bridgehead atoms. The highest BCUT2D eigenvalue weighted by Crippen LogP contribution is 2.41. The number of halogens is 3. The Balaban J connectivity index is 2.24. The third kappa shape index (κ3) is 1.96. The van der Waals surface area contributed by atoms with E-state index < -0.39 is 17.4 Å². The van der Waals surface area contributed by atoms with Crippen molar-refractivity contribution in [3.63, 3.8) is 0 Å². The second kappa shape index (κ2) is 4.73. The fourth-order valence-electron chi connectivity index (χ4n) is 2.05. The van der Waals surface area contributed by atoms with Crippen molar-refractivity contribution in [2.24, 2.45) is 0 Å². The zero-order valence-electron chi connectivity index (χ0n) is 10.0. The van der Waals surface area contributed by atoms with Crippen LogP contribution in [-0.2, 0) is 0 Å². The predicted octanol–water partition coefficient (Wildman–Crippen LogP) is 2.42. The molecule has 104 valence electrons. The molecule has 1 unspecified atom stereocenters. The first-order chi connectivity index (χ1) is 9.55. The molecule has 0 aliphatic carbocycles. The molecule has 0 saturated carbocycles. The van der Waals surface area contributed by atoms with Crippen molar-refractivity contribution in [3.05, 3.63) is 40.9 Å². The molecule has 1 atom stereocenters. The second-order valence-corrected chi connectivity index (χ2v) is 5.30. The van der Waals surface area contributed by atoms with Gasteiger partial charge in [-0.25, -0.2) is 9.07 Å². The highest BCUT2D eigenvalue weighted by molar-refractivity contribution is 6.36. The summed E-state index contributed by atoms with van der Waals surface area (Å²) in [5.41, 5.74) is 0.398. The lowest BCUT2D eigenvalue weighted by Crippen LogP contribution is -2.41. The summed E-state index contributed by atoms with van der Waals surface area (Å²) in [5.74, 6) is -0.183. The maximum Gasteiger partial charge on any atom is 0.227 e. The summed E-state index contributed by atoms with van der Waals surface area (Å²) < 4.78 is 15.5. The van der Waals surface area contributed by atoms with Crippen LogP contribution < -0.4 is 5.32 Å². The molecule has 1 aliphatic rings. The van der Waals surface area contributed by atoms with Gasteiger partial charge in [0.05, 0.1) is 11.6 Å². The van der Waals surface area contributed by atoms with Crippen LogP contribution in [0.3, 0.4) is 0 Å². The first-order valence-corrected chi connectivity index (χ1v) is 6.45. The molecular weight excluding hydrogens is 306 g/mol. The minimum absolute atomic E-state index is 0.117. The van der Waals surface area contributed by atoms with Crippen LogP contribution in [0.15, 0.2) is 24.5 Å². The number of anilines is 1. The Hall–Kier alpha value is -1.63. The second-order valence-electron chi connectivity index (χ2n) is 4.25. The van der Waals surface area contributed by atoms with Crippen LogP contribution in [0, 0.1) is 5.82 Å². The minimum Gasteiger partial charge on any atom is -0.392 e. The number of nitrogens with zero attached hydrogens (tertiary/aromatic N) is 3. The van der Waals surface area contributed by atoms with Crippen molar-refractivity contribution in [2.75, 3.05) is 11.9 Å². The average molecular weight is 315 g/mol. The maximum atomic E-state index is 14.1. The SMILES string of the molecule is OCC1(Cl)Nc2ncnn2C=C1c1c(F)cccc1Cl. The Morgan fingerprint density at radius 1 is 1.45 bits per heavy atom. The van der Waals surface area contributed by atoms with E-state index in [1.807, 2.05) is 0 Å². The van der Waals surface area contributed by atoms with Gasteiger partial charge in [-0.05, 0) is 12.1 Å². The van der Waals surface area contributed by atoms with Crippen molar-refractivity contribution < 1.29 is 9.50 Å². The van der Waals surface area contributed by atoms with Gasteiger partial charge in [0.2, 0.25) is 5.95 Å². The average Bonchev–Trinajstić information content (AvgIpc) is 2.85. The summed E-state index contributed by atoms with van der Waals surface area (Å²) in [4.78, 5) is 2.53. The molecule has 0 amide bonds. The van der Waals surface area contributed by atoms with E-state index in [-0.39, 0.29) is 16.2 Å². The van der Waals surface area contributed by atoms with Gasteiger partial charge >= 0.3 is 0 Å². The summed E-state index contributed by atoms with van der Waals surface area (Å²) in [6.07, 6.45) is 2.81. The van der Waals surface area contributed by atoms with Crippen LogP contribution in [0.25, 0.3) is 11.8 Å². The summed E-state index contributed by atoms with van der Waals surface area (Å²) in [5, 5.41) is 16.5. The van der Waals surface area contributed by atoms with Crippen LogP contribution in [0.4, 0.5) is 10.3 Å². The van der Waals surface area contributed by atoms with Gasteiger partial charge < -0.3 is 10.4 Å². The number of aliphatic hydroxyl groups is 1. The highest BCUT2D eigenvalue weighted by Gasteiger charge is 2.39. The fourth-order valence-corrected chi connectivity index (χ4v) is 2.54. The van der Waals surface area contributed by atoms with Gasteiger partial charge in [-0.2, -0.15) is 10.1 Å². The molecule has 2 aromatic rings. The molecule has 0 radical (unpaired) electrons. The Labute approximate surface area is 123 Å². The number of hydrogen-bond donors (Lipinski definition) is 2. The first kappa shape index (κ1) is 13.4. The molecule has 0 spiro atoms. The largest absolute Gasteiger partial charge is 0.392 e. The number of hydrogen-bond acceptors (Lipinski definition) is 4. The van der Waals surface area contributed by atoms with E-state index in [2.05, 4.69) is 15.4 Å².